The highest BCUT2D eigenvalue weighted by Gasteiger charge is 2.12. The monoisotopic (exact) mass is 276 g/mol. The molecule has 19 heavy (non-hydrogen) atoms. The molecule has 0 fully saturated rings. The average molecular weight is 276 g/mol. The summed E-state index contributed by atoms with van der Waals surface area (Å²) in [6.07, 6.45) is 0. The predicted octanol–water partition coefficient (Wildman–Crippen LogP) is 3.07. The third-order valence-corrected chi connectivity index (χ3v) is 3.48. The van der Waals surface area contributed by atoms with Gasteiger partial charge in [0.05, 0.1) is 5.69 Å². The molecule has 6 heteroatoms. The summed E-state index contributed by atoms with van der Waals surface area (Å²) >= 11 is 1.13. The van der Waals surface area contributed by atoms with Crippen molar-refractivity contribution in [2.24, 2.45) is 0 Å². The molecule has 0 amide bonds. The highest BCUT2D eigenvalue weighted by Crippen LogP contribution is 2.21. The molecule has 2 rings (SSSR count). The van der Waals surface area contributed by atoms with Crippen LogP contribution in [0.25, 0.3) is 0 Å². The van der Waals surface area contributed by atoms with Gasteiger partial charge in [-0.15, -0.1) is 11.3 Å². The lowest BCUT2D eigenvalue weighted by molar-refractivity contribution is 0.0701. The van der Waals surface area contributed by atoms with Gasteiger partial charge in [0.1, 0.15) is 22.3 Å². The van der Waals surface area contributed by atoms with Crippen molar-refractivity contribution in [2.45, 2.75) is 6.54 Å². The number of carboxylic acids is 1. The molecule has 96 valence electrons. The Labute approximate surface area is 112 Å². The molecule has 2 aromatic rings. The molecule has 2 N–H and O–H groups in total. The van der Waals surface area contributed by atoms with Crippen molar-refractivity contribution in [3.05, 3.63) is 51.5 Å². The van der Waals surface area contributed by atoms with E-state index >= 15 is 0 Å². The van der Waals surface area contributed by atoms with Crippen LogP contribution >= 0.6 is 11.3 Å². The second-order valence-corrected chi connectivity index (χ2v) is 4.62. The van der Waals surface area contributed by atoms with Crippen LogP contribution < -0.4 is 5.32 Å². The molecular formula is C13H9FN2O2S. The molecule has 0 radical (unpaired) electrons. The predicted molar refractivity (Wildman–Crippen MR) is 69.7 cm³/mol. The number of benzene rings is 1. The molecule has 4 nitrogen and oxygen atoms in total. The van der Waals surface area contributed by atoms with Gasteiger partial charge in [-0.25, -0.2) is 9.18 Å². The zero-order valence-electron chi connectivity index (χ0n) is 9.68. The van der Waals surface area contributed by atoms with Crippen molar-refractivity contribution in [2.75, 3.05) is 5.32 Å². The van der Waals surface area contributed by atoms with Gasteiger partial charge in [0, 0.05) is 6.54 Å². The normalized spacial score (nSPS) is 9.89. The maximum Gasteiger partial charge on any atom is 0.346 e. The minimum absolute atomic E-state index is 0.0744. The number of nitrogens with one attached hydrogen (secondary N) is 1. The number of carbonyl (C=O) groups is 1. The van der Waals surface area contributed by atoms with Crippen LogP contribution in [0.1, 0.15) is 20.8 Å². The Hall–Kier alpha value is -2.39. The van der Waals surface area contributed by atoms with Gasteiger partial charge in [0.2, 0.25) is 0 Å². The largest absolute Gasteiger partial charge is 0.477 e. The van der Waals surface area contributed by atoms with E-state index in [4.69, 9.17) is 10.4 Å². The van der Waals surface area contributed by atoms with E-state index < -0.39 is 11.8 Å². The first-order valence-corrected chi connectivity index (χ1v) is 6.23. The van der Waals surface area contributed by atoms with Gasteiger partial charge >= 0.3 is 5.97 Å². The molecule has 0 atom stereocenters. The van der Waals surface area contributed by atoms with Crippen LogP contribution in [0.3, 0.4) is 0 Å². The van der Waals surface area contributed by atoms with E-state index in [2.05, 4.69) is 5.32 Å². The minimum atomic E-state index is -0.994. The summed E-state index contributed by atoms with van der Waals surface area (Å²) in [5.74, 6) is -1.59. The second-order valence-electron chi connectivity index (χ2n) is 3.71. The van der Waals surface area contributed by atoms with E-state index in [1.165, 1.54) is 12.1 Å². The highest BCUT2D eigenvalue weighted by molar-refractivity contribution is 7.12. The van der Waals surface area contributed by atoms with Crippen molar-refractivity contribution in [1.29, 1.82) is 5.26 Å². The number of halogens is 1. The SMILES string of the molecule is N#Cc1c(F)cccc1NCc1ccsc1C(=O)O. The maximum absolute atomic E-state index is 13.4. The third-order valence-electron chi connectivity index (χ3n) is 2.54. The molecule has 1 aromatic heterocycles. The zero-order chi connectivity index (χ0) is 13.8. The van der Waals surface area contributed by atoms with Crippen LogP contribution in [0.5, 0.6) is 0 Å². The van der Waals surface area contributed by atoms with Gasteiger partial charge in [-0.3, -0.25) is 0 Å². The molecule has 0 bridgehead atoms. The Morgan fingerprint density at radius 3 is 2.95 bits per heavy atom. The third kappa shape index (κ3) is 2.72. The summed E-state index contributed by atoms with van der Waals surface area (Å²) in [4.78, 5) is 11.2. The number of nitriles is 1. The van der Waals surface area contributed by atoms with Crippen LogP contribution in [0.15, 0.2) is 29.6 Å². The Morgan fingerprint density at radius 1 is 1.47 bits per heavy atom. The van der Waals surface area contributed by atoms with Crippen LogP contribution in [-0.2, 0) is 6.54 Å². The number of hydrogen-bond acceptors (Lipinski definition) is 4. The van der Waals surface area contributed by atoms with Gasteiger partial charge in [-0.1, -0.05) is 6.07 Å². The topological polar surface area (TPSA) is 73.1 Å². The summed E-state index contributed by atoms with van der Waals surface area (Å²) in [5, 5.41) is 22.4. The Bertz CT molecular complexity index is 661. The summed E-state index contributed by atoms with van der Waals surface area (Å²) in [6, 6.07) is 7.74. The van der Waals surface area contributed by atoms with Crippen LogP contribution in [0.4, 0.5) is 10.1 Å². The Balaban J connectivity index is 2.20. The standard InChI is InChI=1S/C13H9FN2O2S/c14-10-2-1-3-11(9(10)6-15)16-7-8-4-5-19-12(8)13(17)18/h1-5,16H,7H2,(H,17,18). The van der Waals surface area contributed by atoms with Gasteiger partial charge in [0.25, 0.3) is 0 Å². The van der Waals surface area contributed by atoms with Crippen molar-refractivity contribution >= 4 is 23.0 Å². The Morgan fingerprint density at radius 2 is 2.26 bits per heavy atom. The Kier molecular flexibility index (Phi) is 3.78. The molecule has 0 saturated heterocycles. The van der Waals surface area contributed by atoms with Gasteiger partial charge < -0.3 is 10.4 Å². The number of anilines is 1. The molecular weight excluding hydrogens is 267 g/mol. The minimum Gasteiger partial charge on any atom is -0.477 e. The molecule has 0 aliphatic carbocycles. The summed E-state index contributed by atoms with van der Waals surface area (Å²) < 4.78 is 13.4. The quantitative estimate of drug-likeness (QED) is 0.900. The van der Waals surface area contributed by atoms with E-state index in [1.807, 2.05) is 0 Å². The average Bonchev–Trinajstić information content (AvgIpc) is 2.84. The lowest BCUT2D eigenvalue weighted by Gasteiger charge is -2.08. The van der Waals surface area contributed by atoms with Crippen LogP contribution in [0, 0.1) is 17.1 Å². The molecule has 0 unspecified atom stereocenters. The van der Waals surface area contributed by atoms with Crippen molar-refractivity contribution < 1.29 is 14.3 Å². The first kappa shape index (κ1) is 13.1. The number of nitrogens with zero attached hydrogens (tertiary/aromatic N) is 1. The molecule has 1 heterocycles. The summed E-state index contributed by atoms with van der Waals surface area (Å²) in [5.41, 5.74) is 0.880. The van der Waals surface area contributed by atoms with Crippen LogP contribution in [-0.4, -0.2) is 11.1 Å². The zero-order valence-corrected chi connectivity index (χ0v) is 10.5. The number of thiophene rings is 1. The first-order valence-electron chi connectivity index (χ1n) is 5.35. The lowest BCUT2D eigenvalue weighted by atomic mass is 10.1. The number of rotatable bonds is 4. The summed E-state index contributed by atoms with van der Waals surface area (Å²) in [6.45, 7) is 0.225. The van der Waals surface area contributed by atoms with Crippen LogP contribution in [0.2, 0.25) is 0 Å². The van der Waals surface area contributed by atoms with E-state index in [9.17, 15) is 9.18 Å². The fourth-order valence-corrected chi connectivity index (χ4v) is 2.40. The number of carboxylic acid groups (broad SMARTS) is 1. The molecule has 0 spiro atoms. The van der Waals surface area contributed by atoms with E-state index in [1.54, 1.807) is 23.6 Å². The van der Waals surface area contributed by atoms with E-state index in [-0.39, 0.29) is 17.0 Å². The molecule has 0 aliphatic heterocycles. The number of aromatic carboxylic acids is 1. The fourth-order valence-electron chi connectivity index (χ4n) is 1.64. The van der Waals surface area contributed by atoms with Crippen molar-refractivity contribution in [1.82, 2.24) is 0 Å². The highest BCUT2D eigenvalue weighted by atomic mass is 32.1. The van der Waals surface area contributed by atoms with Gasteiger partial charge in [-0.05, 0) is 29.1 Å². The van der Waals surface area contributed by atoms with Gasteiger partial charge in [0.15, 0.2) is 0 Å². The fraction of sp³-hybridized carbons (Fsp3) is 0.0769. The van der Waals surface area contributed by atoms with E-state index in [0.717, 1.165) is 11.3 Å². The number of hydrogen-bond donors (Lipinski definition) is 2. The molecule has 1 aromatic carbocycles. The first-order chi connectivity index (χ1) is 9.13. The van der Waals surface area contributed by atoms with Crippen molar-refractivity contribution in [3.63, 3.8) is 0 Å². The lowest BCUT2D eigenvalue weighted by Crippen LogP contribution is -2.05. The summed E-state index contributed by atoms with van der Waals surface area (Å²) in [7, 11) is 0. The maximum atomic E-state index is 13.4. The second kappa shape index (κ2) is 5.50. The smallest absolute Gasteiger partial charge is 0.346 e. The molecule has 0 saturated carbocycles. The van der Waals surface area contributed by atoms with E-state index in [0.29, 0.717) is 11.3 Å². The molecule has 0 aliphatic rings. The van der Waals surface area contributed by atoms with Crippen molar-refractivity contribution in [3.8, 4) is 6.07 Å². The van der Waals surface area contributed by atoms with Gasteiger partial charge in [-0.2, -0.15) is 5.26 Å².